The number of carbonyl (C=O) groups is 1. The zero-order valence-corrected chi connectivity index (χ0v) is 11.8. The molecular formula is C15H21N3O2. The van der Waals surface area contributed by atoms with Crippen LogP contribution in [0.1, 0.15) is 42.5 Å². The fourth-order valence-corrected chi connectivity index (χ4v) is 3.31. The second-order valence-electron chi connectivity index (χ2n) is 6.31. The second-order valence-corrected chi connectivity index (χ2v) is 6.31. The van der Waals surface area contributed by atoms with E-state index in [9.17, 15) is 9.59 Å². The molecule has 0 aliphatic heterocycles. The molecule has 1 atom stereocenters. The highest BCUT2D eigenvalue weighted by Gasteiger charge is 2.52. The van der Waals surface area contributed by atoms with Crippen molar-refractivity contribution in [2.45, 2.75) is 44.2 Å². The highest BCUT2D eigenvalue weighted by atomic mass is 16.2. The summed E-state index contributed by atoms with van der Waals surface area (Å²) in [6.45, 7) is 0. The molecule has 2 aliphatic carbocycles. The summed E-state index contributed by atoms with van der Waals surface area (Å²) in [5, 5.41) is 2.99. The van der Waals surface area contributed by atoms with Gasteiger partial charge in [-0.3, -0.25) is 9.59 Å². The van der Waals surface area contributed by atoms with Crippen molar-refractivity contribution in [1.29, 1.82) is 0 Å². The number of aryl methyl sites for hydroxylation is 1. The van der Waals surface area contributed by atoms with Gasteiger partial charge in [0.05, 0.1) is 0 Å². The third-order valence-electron chi connectivity index (χ3n) is 4.87. The summed E-state index contributed by atoms with van der Waals surface area (Å²) in [6.07, 6.45) is 8.47. The van der Waals surface area contributed by atoms with Crippen LogP contribution >= 0.6 is 0 Å². The number of carbonyl (C=O) groups excluding carboxylic acids is 1. The first kappa shape index (κ1) is 13.4. The maximum absolute atomic E-state index is 12.2. The Morgan fingerprint density at radius 1 is 1.45 bits per heavy atom. The number of amides is 1. The number of hydrogen-bond acceptors (Lipinski definition) is 3. The van der Waals surface area contributed by atoms with Crippen molar-refractivity contribution in [2.24, 2.45) is 18.2 Å². The molecule has 2 saturated carbocycles. The smallest absolute Gasteiger partial charge is 0.256 e. The lowest BCUT2D eigenvalue weighted by Crippen LogP contribution is -2.40. The molecule has 20 heavy (non-hydrogen) atoms. The van der Waals surface area contributed by atoms with Crippen molar-refractivity contribution >= 4 is 5.91 Å². The topological polar surface area (TPSA) is 77.1 Å². The first-order chi connectivity index (χ1) is 9.50. The molecule has 108 valence electrons. The number of rotatable bonds is 2. The van der Waals surface area contributed by atoms with Crippen LogP contribution in [0.2, 0.25) is 0 Å². The van der Waals surface area contributed by atoms with Gasteiger partial charge in [0.25, 0.3) is 5.91 Å². The van der Waals surface area contributed by atoms with Gasteiger partial charge < -0.3 is 15.6 Å². The van der Waals surface area contributed by atoms with E-state index in [0.29, 0.717) is 11.5 Å². The van der Waals surface area contributed by atoms with Crippen LogP contribution in [0, 0.1) is 5.41 Å². The molecule has 5 heteroatoms. The minimum atomic E-state index is -0.257. The molecule has 3 N–H and O–H groups in total. The summed E-state index contributed by atoms with van der Waals surface area (Å²) >= 11 is 0. The van der Waals surface area contributed by atoms with Crippen molar-refractivity contribution in [3.63, 3.8) is 0 Å². The van der Waals surface area contributed by atoms with Crippen molar-refractivity contribution in [3.05, 3.63) is 34.2 Å². The van der Waals surface area contributed by atoms with Crippen LogP contribution in [0.5, 0.6) is 0 Å². The first-order valence-corrected chi connectivity index (χ1v) is 7.23. The van der Waals surface area contributed by atoms with E-state index in [1.165, 1.54) is 6.07 Å². The normalized spacial score (nSPS) is 32.1. The van der Waals surface area contributed by atoms with Crippen LogP contribution in [0.25, 0.3) is 0 Å². The molecule has 1 aromatic rings. The fraction of sp³-hybridized carbons (Fsp3) is 0.600. The van der Waals surface area contributed by atoms with Crippen LogP contribution in [-0.4, -0.2) is 22.6 Å². The predicted molar refractivity (Wildman–Crippen MR) is 76.4 cm³/mol. The molecule has 0 saturated heterocycles. The molecule has 0 radical (unpaired) electrons. The molecule has 1 spiro atoms. The van der Waals surface area contributed by atoms with Gasteiger partial charge in [-0.25, -0.2) is 0 Å². The Balaban J connectivity index is 1.62. The molecule has 2 aliphatic rings. The van der Waals surface area contributed by atoms with Gasteiger partial charge >= 0.3 is 0 Å². The summed E-state index contributed by atoms with van der Waals surface area (Å²) in [7, 11) is 1.80. The molecule has 1 unspecified atom stereocenters. The van der Waals surface area contributed by atoms with E-state index in [0.717, 1.165) is 32.1 Å². The van der Waals surface area contributed by atoms with Gasteiger partial charge in [0.1, 0.15) is 5.56 Å². The number of hydrogen-bond donors (Lipinski definition) is 2. The second kappa shape index (κ2) is 4.74. The molecule has 0 bridgehead atoms. The van der Waals surface area contributed by atoms with Gasteiger partial charge in [0, 0.05) is 37.6 Å². The monoisotopic (exact) mass is 275 g/mol. The van der Waals surface area contributed by atoms with E-state index in [1.54, 1.807) is 24.0 Å². The maximum Gasteiger partial charge on any atom is 0.256 e. The lowest BCUT2D eigenvalue weighted by atomic mass is 9.83. The Morgan fingerprint density at radius 3 is 2.70 bits per heavy atom. The third-order valence-corrected chi connectivity index (χ3v) is 4.87. The highest BCUT2D eigenvalue weighted by molar-refractivity contribution is 5.93. The molecule has 1 aromatic heterocycles. The average molecular weight is 275 g/mol. The summed E-state index contributed by atoms with van der Waals surface area (Å²) in [5.41, 5.74) is 6.34. The zero-order valence-electron chi connectivity index (χ0n) is 11.8. The Labute approximate surface area is 118 Å². The lowest BCUT2D eigenvalue weighted by molar-refractivity contribution is 0.0917. The largest absolute Gasteiger partial charge is 0.356 e. The number of nitrogens with two attached hydrogens (primary N) is 1. The first-order valence-electron chi connectivity index (χ1n) is 7.23. The van der Waals surface area contributed by atoms with E-state index >= 15 is 0 Å². The van der Waals surface area contributed by atoms with Crippen LogP contribution in [0.3, 0.4) is 0 Å². The molecule has 0 aromatic carbocycles. The van der Waals surface area contributed by atoms with E-state index in [4.69, 9.17) is 5.73 Å². The van der Waals surface area contributed by atoms with Crippen molar-refractivity contribution in [2.75, 3.05) is 0 Å². The number of nitrogens with zero attached hydrogens (tertiary/aromatic N) is 1. The van der Waals surface area contributed by atoms with Crippen LogP contribution in [-0.2, 0) is 7.05 Å². The lowest BCUT2D eigenvalue weighted by Gasteiger charge is -2.29. The predicted octanol–water partition coefficient (Wildman–Crippen LogP) is 0.775. The van der Waals surface area contributed by atoms with Crippen LogP contribution < -0.4 is 16.5 Å². The minimum Gasteiger partial charge on any atom is -0.356 e. The van der Waals surface area contributed by atoms with Gasteiger partial charge in [-0.1, -0.05) is 0 Å². The van der Waals surface area contributed by atoms with E-state index in [-0.39, 0.29) is 22.9 Å². The SMILES string of the molecule is Cn1ccc(=O)c(C(=O)NC2CCC3(CC2)CC3N)c1. The third kappa shape index (κ3) is 2.38. The number of aromatic nitrogens is 1. The fourth-order valence-electron chi connectivity index (χ4n) is 3.31. The number of pyridine rings is 1. The van der Waals surface area contributed by atoms with Gasteiger partial charge in [0.2, 0.25) is 0 Å². The van der Waals surface area contributed by atoms with Crippen molar-refractivity contribution in [1.82, 2.24) is 9.88 Å². The Kier molecular flexibility index (Phi) is 3.17. The summed E-state index contributed by atoms with van der Waals surface area (Å²) in [4.78, 5) is 23.9. The molecule has 1 heterocycles. The van der Waals surface area contributed by atoms with Gasteiger partial charge in [-0.05, 0) is 37.5 Å². The standard InChI is InChI=1S/C15H21N3O2/c1-18-7-4-12(19)11(9-18)14(20)17-10-2-5-15(6-3-10)8-13(15)16/h4,7,9-10,13H,2-3,5-6,8,16H2,1H3,(H,17,20). The minimum absolute atomic E-state index is 0.172. The molecule has 3 rings (SSSR count). The summed E-state index contributed by atoms with van der Waals surface area (Å²) < 4.78 is 1.72. The average Bonchev–Trinajstić information content (AvgIpc) is 3.05. The Bertz CT molecular complexity index is 585. The van der Waals surface area contributed by atoms with Gasteiger partial charge in [-0.15, -0.1) is 0 Å². The Morgan fingerprint density at radius 2 is 2.10 bits per heavy atom. The van der Waals surface area contributed by atoms with Crippen molar-refractivity contribution < 1.29 is 4.79 Å². The van der Waals surface area contributed by atoms with Crippen molar-refractivity contribution in [3.8, 4) is 0 Å². The maximum atomic E-state index is 12.2. The summed E-state index contributed by atoms with van der Waals surface area (Å²) in [5.74, 6) is -0.257. The van der Waals surface area contributed by atoms with E-state index < -0.39 is 0 Å². The highest BCUT2D eigenvalue weighted by Crippen LogP contribution is 2.54. The molecular weight excluding hydrogens is 254 g/mol. The van der Waals surface area contributed by atoms with E-state index in [1.807, 2.05) is 0 Å². The molecule has 1 amide bonds. The van der Waals surface area contributed by atoms with Crippen LogP contribution in [0.4, 0.5) is 0 Å². The summed E-state index contributed by atoms with van der Waals surface area (Å²) in [6, 6.07) is 1.96. The van der Waals surface area contributed by atoms with Gasteiger partial charge in [-0.2, -0.15) is 0 Å². The Hall–Kier alpha value is -1.62. The number of nitrogens with one attached hydrogen (secondary N) is 1. The van der Waals surface area contributed by atoms with Gasteiger partial charge in [0.15, 0.2) is 5.43 Å². The van der Waals surface area contributed by atoms with E-state index in [2.05, 4.69) is 5.32 Å². The van der Waals surface area contributed by atoms with Crippen LogP contribution in [0.15, 0.2) is 23.3 Å². The quantitative estimate of drug-likeness (QED) is 0.837. The zero-order chi connectivity index (χ0) is 14.3. The molecule has 5 nitrogen and oxygen atoms in total. The molecule has 2 fully saturated rings.